The Morgan fingerprint density at radius 3 is 2.50 bits per heavy atom. The highest BCUT2D eigenvalue weighted by Crippen LogP contribution is 2.35. The Kier molecular flexibility index (Phi) is 6.09. The molecule has 0 saturated heterocycles. The van der Waals surface area contributed by atoms with Gasteiger partial charge in [0.1, 0.15) is 17.2 Å². The van der Waals surface area contributed by atoms with Crippen molar-refractivity contribution in [1.82, 2.24) is 15.0 Å². The lowest BCUT2D eigenvalue weighted by atomic mass is 10.2. The highest BCUT2D eigenvalue weighted by Gasteiger charge is 2.31. The molecule has 0 atom stereocenters. The van der Waals surface area contributed by atoms with Crippen molar-refractivity contribution in [1.29, 1.82) is 0 Å². The van der Waals surface area contributed by atoms with Gasteiger partial charge in [-0.05, 0) is 83.5 Å². The van der Waals surface area contributed by atoms with Crippen molar-refractivity contribution in [2.24, 2.45) is 0 Å². The van der Waals surface area contributed by atoms with Gasteiger partial charge in [-0.15, -0.1) is 0 Å². The van der Waals surface area contributed by atoms with E-state index in [-0.39, 0.29) is 9.99 Å². The summed E-state index contributed by atoms with van der Waals surface area (Å²) in [5, 5.41) is 3.85. The van der Waals surface area contributed by atoms with Crippen molar-refractivity contribution < 1.29 is 27.4 Å². The Balaban J connectivity index is 1.30. The van der Waals surface area contributed by atoms with Gasteiger partial charge in [-0.1, -0.05) is 0 Å². The van der Waals surface area contributed by atoms with E-state index < -0.39 is 17.7 Å². The summed E-state index contributed by atoms with van der Waals surface area (Å²) in [7, 11) is 0. The predicted molar refractivity (Wildman–Crippen MR) is 133 cm³/mol. The van der Waals surface area contributed by atoms with Crippen molar-refractivity contribution >= 4 is 55.5 Å². The number of fused-ring (bicyclic) bond motifs is 2. The quantitative estimate of drug-likeness (QED) is 0.187. The van der Waals surface area contributed by atoms with Crippen molar-refractivity contribution in [3.8, 4) is 11.5 Å². The Morgan fingerprint density at radius 2 is 1.78 bits per heavy atom. The lowest BCUT2D eigenvalue weighted by Crippen LogP contribution is -2.04. The second-order valence-electron chi connectivity index (χ2n) is 7.84. The first-order valence-electron chi connectivity index (χ1n) is 10.8. The smallest absolute Gasteiger partial charge is 0.416 e. The molecule has 3 aromatic carbocycles. The van der Waals surface area contributed by atoms with Crippen LogP contribution in [0.2, 0.25) is 0 Å². The number of alkyl halides is 3. The fourth-order valence-electron chi connectivity index (χ4n) is 3.67. The number of ether oxygens (including phenoxy) is 2. The van der Waals surface area contributed by atoms with E-state index >= 15 is 0 Å². The second-order valence-corrected chi connectivity index (χ2v) is 8.69. The molecule has 0 aliphatic carbocycles. The molecular formula is C25H18BrF3N4O3. The van der Waals surface area contributed by atoms with Crippen molar-refractivity contribution in [3.63, 3.8) is 0 Å². The van der Waals surface area contributed by atoms with Crippen LogP contribution in [0.5, 0.6) is 11.5 Å². The molecule has 0 amide bonds. The van der Waals surface area contributed by atoms with Crippen molar-refractivity contribution in [3.05, 3.63) is 76.4 Å². The van der Waals surface area contributed by atoms with E-state index in [1.807, 2.05) is 12.1 Å². The summed E-state index contributed by atoms with van der Waals surface area (Å²) < 4.78 is 50.4. The largest absolute Gasteiger partial charge is 0.461 e. The molecular weight excluding hydrogens is 541 g/mol. The summed E-state index contributed by atoms with van der Waals surface area (Å²) in [6.07, 6.45) is -4.46. The van der Waals surface area contributed by atoms with Crippen LogP contribution in [-0.4, -0.2) is 27.5 Å². The molecule has 3 N–H and O–H groups in total. The number of nitrogens with zero attached hydrogens (tertiary/aromatic N) is 1. The predicted octanol–water partition coefficient (Wildman–Crippen LogP) is 7.54. The molecule has 0 saturated carbocycles. The maximum atomic E-state index is 13.1. The average molecular weight is 559 g/mol. The number of anilines is 2. The van der Waals surface area contributed by atoms with Crippen LogP contribution >= 0.6 is 15.9 Å². The number of esters is 1. The highest BCUT2D eigenvalue weighted by atomic mass is 79.9. The lowest BCUT2D eigenvalue weighted by Gasteiger charge is -2.07. The molecule has 0 bridgehead atoms. The zero-order valence-corrected chi connectivity index (χ0v) is 20.3. The van der Waals surface area contributed by atoms with Crippen LogP contribution in [0.3, 0.4) is 0 Å². The van der Waals surface area contributed by atoms with Gasteiger partial charge in [0, 0.05) is 21.1 Å². The first-order chi connectivity index (χ1) is 17.2. The monoisotopic (exact) mass is 558 g/mol. The Hall–Kier alpha value is -3.99. The van der Waals surface area contributed by atoms with E-state index in [9.17, 15) is 18.0 Å². The second kappa shape index (κ2) is 9.23. The Labute approximate surface area is 210 Å². The van der Waals surface area contributed by atoms with Gasteiger partial charge in [0.15, 0.2) is 0 Å². The standard InChI is InChI=1S/C25H18BrF3N4O3/c1-2-35-23(34)21-10-13-9-17(7-8-19(13)31-21)36-16-5-3-15(4-6-16)30-24-32-20-12-14(25(27,28)29)11-18(26)22(20)33-24/h3-12,31H,2H2,1H3,(H2,30,32,33). The molecule has 7 nitrogen and oxygen atoms in total. The maximum Gasteiger partial charge on any atom is 0.416 e. The van der Waals surface area contributed by atoms with Crippen LogP contribution in [0.4, 0.5) is 24.8 Å². The summed E-state index contributed by atoms with van der Waals surface area (Å²) in [5.41, 5.74) is 1.67. The van der Waals surface area contributed by atoms with E-state index in [0.717, 1.165) is 23.0 Å². The van der Waals surface area contributed by atoms with Crippen molar-refractivity contribution in [2.45, 2.75) is 13.1 Å². The van der Waals surface area contributed by atoms with Crippen LogP contribution in [0.15, 0.2) is 65.1 Å². The summed E-state index contributed by atoms with van der Waals surface area (Å²) in [5.74, 6) is 1.04. The number of hydrogen-bond acceptors (Lipinski definition) is 5. The lowest BCUT2D eigenvalue weighted by molar-refractivity contribution is -0.137. The van der Waals surface area contributed by atoms with Gasteiger partial charge in [-0.2, -0.15) is 13.2 Å². The fourth-order valence-corrected chi connectivity index (χ4v) is 4.21. The highest BCUT2D eigenvalue weighted by molar-refractivity contribution is 9.10. The molecule has 184 valence electrons. The molecule has 2 aromatic heterocycles. The SMILES string of the molecule is CCOC(=O)c1cc2cc(Oc3ccc(Nc4nc5cc(C(F)(F)F)cc(Br)c5[nH]4)cc3)ccc2[nH]1. The molecule has 0 aliphatic heterocycles. The fraction of sp³-hybridized carbons (Fsp3) is 0.120. The van der Waals surface area contributed by atoms with Crippen LogP contribution in [0.1, 0.15) is 23.0 Å². The first-order valence-corrected chi connectivity index (χ1v) is 11.6. The number of nitrogens with one attached hydrogen (secondary N) is 3. The molecule has 0 radical (unpaired) electrons. The van der Waals surface area contributed by atoms with Gasteiger partial charge < -0.3 is 24.8 Å². The van der Waals surface area contributed by atoms with Gasteiger partial charge in [-0.3, -0.25) is 0 Å². The topological polar surface area (TPSA) is 92.0 Å². The summed E-state index contributed by atoms with van der Waals surface area (Å²) in [6, 6.07) is 16.1. The molecule has 0 fully saturated rings. The summed E-state index contributed by atoms with van der Waals surface area (Å²) >= 11 is 3.17. The molecule has 11 heteroatoms. The third-order valence-electron chi connectivity index (χ3n) is 5.31. The van der Waals surface area contributed by atoms with E-state index in [0.29, 0.717) is 41.0 Å². The number of benzene rings is 3. The van der Waals surface area contributed by atoms with Crippen LogP contribution in [-0.2, 0) is 10.9 Å². The minimum atomic E-state index is -4.46. The van der Waals surface area contributed by atoms with Gasteiger partial charge in [0.2, 0.25) is 5.95 Å². The van der Waals surface area contributed by atoms with E-state index in [1.54, 1.807) is 43.3 Å². The zero-order chi connectivity index (χ0) is 25.4. The van der Waals surface area contributed by atoms with Gasteiger partial charge >= 0.3 is 12.1 Å². The molecule has 0 aliphatic rings. The zero-order valence-electron chi connectivity index (χ0n) is 18.7. The van der Waals surface area contributed by atoms with Crippen LogP contribution in [0.25, 0.3) is 21.9 Å². The first kappa shape index (κ1) is 23.7. The number of imidazole rings is 1. The summed E-state index contributed by atoms with van der Waals surface area (Å²) in [6.45, 7) is 2.04. The normalized spacial score (nSPS) is 11.7. The van der Waals surface area contributed by atoms with Gasteiger partial charge in [0.05, 0.1) is 23.2 Å². The van der Waals surface area contributed by atoms with E-state index in [1.165, 1.54) is 0 Å². The van der Waals surface area contributed by atoms with Crippen LogP contribution in [0, 0.1) is 0 Å². The number of hydrogen-bond donors (Lipinski definition) is 3. The van der Waals surface area contributed by atoms with Crippen LogP contribution < -0.4 is 10.1 Å². The minimum absolute atomic E-state index is 0.186. The number of aromatic amines is 2. The number of halogens is 4. The Morgan fingerprint density at radius 1 is 1.03 bits per heavy atom. The minimum Gasteiger partial charge on any atom is -0.461 e. The Bertz CT molecular complexity index is 1580. The summed E-state index contributed by atoms with van der Waals surface area (Å²) in [4.78, 5) is 22.2. The number of H-pyrrole nitrogens is 2. The number of rotatable bonds is 6. The molecule has 5 rings (SSSR count). The number of aromatic nitrogens is 3. The van der Waals surface area contributed by atoms with Crippen molar-refractivity contribution in [2.75, 3.05) is 11.9 Å². The molecule has 5 aromatic rings. The number of carbonyl (C=O) groups is 1. The molecule has 0 unspecified atom stereocenters. The van der Waals surface area contributed by atoms with Gasteiger partial charge in [-0.25, -0.2) is 9.78 Å². The average Bonchev–Trinajstić information content (AvgIpc) is 3.44. The molecule has 2 heterocycles. The third-order valence-corrected chi connectivity index (χ3v) is 5.94. The van der Waals surface area contributed by atoms with E-state index in [2.05, 4.69) is 36.2 Å². The maximum absolute atomic E-state index is 13.1. The van der Waals surface area contributed by atoms with E-state index in [4.69, 9.17) is 9.47 Å². The molecule has 36 heavy (non-hydrogen) atoms. The van der Waals surface area contributed by atoms with Gasteiger partial charge in [0.25, 0.3) is 0 Å². The number of carbonyl (C=O) groups excluding carboxylic acids is 1. The molecule has 0 spiro atoms. The third kappa shape index (κ3) is 4.87.